The molecule has 3 unspecified atom stereocenters. The lowest BCUT2D eigenvalue weighted by molar-refractivity contribution is -0.142. The Labute approximate surface area is 132 Å². The van der Waals surface area contributed by atoms with E-state index in [1.54, 1.807) is 0 Å². The molecule has 2 saturated heterocycles. The summed E-state index contributed by atoms with van der Waals surface area (Å²) in [5.41, 5.74) is 0. The van der Waals surface area contributed by atoms with Gasteiger partial charge in [0.15, 0.2) is 0 Å². The predicted molar refractivity (Wildman–Crippen MR) is 78.0 cm³/mol. The molecule has 2 aliphatic rings. The molecule has 2 aliphatic heterocycles. The molecule has 3 atom stereocenters. The largest absolute Gasteiger partial charge is 0.481 e. The van der Waals surface area contributed by atoms with Gasteiger partial charge in [-0.1, -0.05) is 23.2 Å². The Morgan fingerprint density at radius 2 is 1.95 bits per heavy atom. The van der Waals surface area contributed by atoms with Crippen LogP contribution in [0.1, 0.15) is 19.3 Å². The molecule has 0 aromatic heterocycles. The third-order valence-corrected chi connectivity index (χ3v) is 6.97. The van der Waals surface area contributed by atoms with Gasteiger partial charge in [0.05, 0.1) is 20.9 Å². The first-order valence-corrected chi connectivity index (χ1v) is 8.73. The summed E-state index contributed by atoms with van der Waals surface area (Å²) in [6, 6.07) is 3.44. The summed E-state index contributed by atoms with van der Waals surface area (Å²) in [5, 5.41) is 9.66. The molecule has 2 bridgehead atoms. The van der Waals surface area contributed by atoms with E-state index in [-0.39, 0.29) is 21.0 Å². The van der Waals surface area contributed by atoms with Crippen molar-refractivity contribution in [2.75, 3.05) is 0 Å². The number of sulfonamides is 1. The van der Waals surface area contributed by atoms with Crippen molar-refractivity contribution in [3.05, 3.63) is 28.2 Å². The van der Waals surface area contributed by atoms with Gasteiger partial charge in [-0.05, 0) is 37.5 Å². The molecule has 0 spiro atoms. The van der Waals surface area contributed by atoms with Crippen molar-refractivity contribution in [1.29, 1.82) is 0 Å². The van der Waals surface area contributed by atoms with Crippen molar-refractivity contribution in [3.8, 4) is 0 Å². The van der Waals surface area contributed by atoms with Crippen LogP contribution in [0.3, 0.4) is 0 Å². The van der Waals surface area contributed by atoms with Crippen molar-refractivity contribution >= 4 is 39.2 Å². The summed E-state index contributed by atoms with van der Waals surface area (Å²) >= 11 is 11.7. The number of carboxylic acids is 1. The van der Waals surface area contributed by atoms with Crippen LogP contribution in [0.15, 0.2) is 23.1 Å². The van der Waals surface area contributed by atoms with Crippen LogP contribution < -0.4 is 0 Å². The van der Waals surface area contributed by atoms with Crippen molar-refractivity contribution in [2.45, 2.75) is 36.2 Å². The number of hydrogen-bond donors (Lipinski definition) is 1. The van der Waals surface area contributed by atoms with Gasteiger partial charge in [-0.25, -0.2) is 8.42 Å². The molecular formula is C13H13Cl2NO4S. The van der Waals surface area contributed by atoms with Crippen LogP contribution in [0.5, 0.6) is 0 Å². The molecule has 2 heterocycles. The highest BCUT2D eigenvalue weighted by molar-refractivity contribution is 7.89. The molecule has 1 aromatic carbocycles. The SMILES string of the molecule is O=C(O)C1CC2CCC1N2S(=O)(=O)c1ccc(Cl)c(Cl)c1. The van der Waals surface area contributed by atoms with E-state index in [9.17, 15) is 18.3 Å². The highest BCUT2D eigenvalue weighted by atomic mass is 35.5. The molecule has 0 aliphatic carbocycles. The van der Waals surface area contributed by atoms with E-state index in [0.29, 0.717) is 19.3 Å². The number of carbonyl (C=O) groups is 1. The fourth-order valence-electron chi connectivity index (χ4n) is 3.34. The van der Waals surface area contributed by atoms with Crippen LogP contribution in [0, 0.1) is 5.92 Å². The summed E-state index contributed by atoms with van der Waals surface area (Å²) in [7, 11) is -3.75. The molecular weight excluding hydrogens is 337 g/mol. The number of rotatable bonds is 3. The van der Waals surface area contributed by atoms with Crippen LogP contribution in [-0.2, 0) is 14.8 Å². The van der Waals surface area contributed by atoms with Gasteiger partial charge in [-0.3, -0.25) is 4.79 Å². The zero-order chi connectivity index (χ0) is 15.4. The zero-order valence-electron chi connectivity index (χ0n) is 10.9. The minimum Gasteiger partial charge on any atom is -0.481 e. The van der Waals surface area contributed by atoms with Gasteiger partial charge in [0.2, 0.25) is 10.0 Å². The normalized spacial score (nSPS) is 29.0. The van der Waals surface area contributed by atoms with Gasteiger partial charge >= 0.3 is 5.97 Å². The Hall–Kier alpha value is -0.820. The standard InChI is InChI=1S/C13H13Cl2NO4S/c14-10-3-2-8(6-11(10)15)21(19,20)16-7-1-4-12(16)9(5-7)13(17)18/h2-3,6-7,9,12H,1,4-5H2,(H,17,18). The predicted octanol–water partition coefficient (Wildman–Crippen LogP) is 2.62. The van der Waals surface area contributed by atoms with Crippen LogP contribution in [0.4, 0.5) is 0 Å². The summed E-state index contributed by atoms with van der Waals surface area (Å²) in [4.78, 5) is 11.3. The van der Waals surface area contributed by atoms with E-state index in [1.807, 2.05) is 0 Å². The average molecular weight is 350 g/mol. The Balaban J connectivity index is 1.99. The van der Waals surface area contributed by atoms with Crippen LogP contribution in [-0.4, -0.2) is 35.9 Å². The summed E-state index contributed by atoms with van der Waals surface area (Å²) in [6.07, 6.45) is 1.66. The highest BCUT2D eigenvalue weighted by Crippen LogP contribution is 2.45. The second-order valence-corrected chi connectivity index (χ2v) is 8.05. The molecule has 8 heteroatoms. The number of aliphatic carboxylic acids is 1. The number of carboxylic acid groups (broad SMARTS) is 1. The number of halogens is 2. The maximum absolute atomic E-state index is 12.8. The molecule has 2 fully saturated rings. The number of nitrogens with zero attached hydrogens (tertiary/aromatic N) is 1. The van der Waals surface area contributed by atoms with E-state index < -0.39 is 28.0 Å². The lowest BCUT2D eigenvalue weighted by Crippen LogP contribution is -2.37. The maximum atomic E-state index is 12.8. The topological polar surface area (TPSA) is 74.7 Å². The van der Waals surface area contributed by atoms with Crippen molar-refractivity contribution in [1.82, 2.24) is 4.31 Å². The van der Waals surface area contributed by atoms with Crippen molar-refractivity contribution in [3.63, 3.8) is 0 Å². The van der Waals surface area contributed by atoms with Gasteiger partial charge < -0.3 is 5.11 Å². The van der Waals surface area contributed by atoms with E-state index in [4.69, 9.17) is 23.2 Å². The highest BCUT2D eigenvalue weighted by Gasteiger charge is 2.54. The second kappa shape index (κ2) is 5.12. The lowest BCUT2D eigenvalue weighted by atomic mass is 9.89. The summed E-state index contributed by atoms with van der Waals surface area (Å²) < 4.78 is 26.9. The smallest absolute Gasteiger partial charge is 0.308 e. The Bertz CT molecular complexity index is 706. The monoisotopic (exact) mass is 349 g/mol. The molecule has 5 nitrogen and oxygen atoms in total. The molecule has 114 valence electrons. The minimum absolute atomic E-state index is 0.0554. The third-order valence-electron chi connectivity index (χ3n) is 4.26. The second-order valence-electron chi connectivity index (χ2n) is 5.39. The number of fused-ring (bicyclic) bond motifs is 2. The van der Waals surface area contributed by atoms with E-state index in [0.717, 1.165) is 0 Å². The first-order valence-electron chi connectivity index (χ1n) is 6.54. The molecule has 0 radical (unpaired) electrons. The molecule has 0 saturated carbocycles. The van der Waals surface area contributed by atoms with Gasteiger partial charge in [-0.15, -0.1) is 0 Å². The van der Waals surface area contributed by atoms with E-state index in [1.165, 1.54) is 22.5 Å². The quantitative estimate of drug-likeness (QED) is 0.909. The molecule has 0 amide bonds. The maximum Gasteiger partial charge on any atom is 0.308 e. The van der Waals surface area contributed by atoms with Gasteiger partial charge in [-0.2, -0.15) is 4.31 Å². The van der Waals surface area contributed by atoms with Crippen molar-refractivity contribution in [2.24, 2.45) is 5.92 Å². The summed E-state index contributed by atoms with van der Waals surface area (Å²) in [5.74, 6) is -1.56. The molecule has 1 aromatic rings. The zero-order valence-corrected chi connectivity index (χ0v) is 13.2. The minimum atomic E-state index is -3.75. The van der Waals surface area contributed by atoms with Crippen molar-refractivity contribution < 1.29 is 18.3 Å². The molecule has 21 heavy (non-hydrogen) atoms. The summed E-state index contributed by atoms with van der Waals surface area (Å²) in [6.45, 7) is 0. The average Bonchev–Trinajstić information content (AvgIpc) is 3.00. The van der Waals surface area contributed by atoms with Gasteiger partial charge in [0.1, 0.15) is 0 Å². The van der Waals surface area contributed by atoms with Gasteiger partial charge in [0, 0.05) is 12.1 Å². The van der Waals surface area contributed by atoms with Crippen LogP contribution >= 0.6 is 23.2 Å². The van der Waals surface area contributed by atoms with Crippen LogP contribution in [0.2, 0.25) is 10.0 Å². The Kier molecular flexibility index (Phi) is 3.68. The fraction of sp³-hybridized carbons (Fsp3) is 0.462. The first-order chi connectivity index (χ1) is 9.82. The Morgan fingerprint density at radius 3 is 2.52 bits per heavy atom. The number of hydrogen-bond acceptors (Lipinski definition) is 3. The first kappa shape index (κ1) is 15.1. The number of benzene rings is 1. The third kappa shape index (κ3) is 2.34. The fourth-order valence-corrected chi connectivity index (χ4v) is 5.64. The Morgan fingerprint density at radius 1 is 1.24 bits per heavy atom. The molecule has 1 N–H and O–H groups in total. The van der Waals surface area contributed by atoms with E-state index >= 15 is 0 Å². The van der Waals surface area contributed by atoms with Crippen LogP contribution in [0.25, 0.3) is 0 Å². The van der Waals surface area contributed by atoms with E-state index in [2.05, 4.69) is 0 Å². The lowest BCUT2D eigenvalue weighted by Gasteiger charge is -2.22. The molecule has 3 rings (SSSR count). The van der Waals surface area contributed by atoms with Gasteiger partial charge in [0.25, 0.3) is 0 Å².